The van der Waals surface area contributed by atoms with E-state index in [-0.39, 0.29) is 23.5 Å². The Labute approximate surface area is 140 Å². The van der Waals surface area contributed by atoms with Crippen LogP contribution in [0.15, 0.2) is 42.5 Å². The zero-order valence-electron chi connectivity index (χ0n) is 13.4. The van der Waals surface area contributed by atoms with Crippen LogP contribution in [-0.2, 0) is 5.60 Å². The van der Waals surface area contributed by atoms with Crippen LogP contribution in [0, 0.1) is 17.6 Å². The molecule has 126 valence electrons. The molecule has 1 fully saturated rings. The topological polar surface area (TPSA) is 32.3 Å². The summed E-state index contributed by atoms with van der Waals surface area (Å²) >= 11 is 0. The van der Waals surface area contributed by atoms with Crippen LogP contribution in [0.4, 0.5) is 8.78 Å². The summed E-state index contributed by atoms with van der Waals surface area (Å²) in [5.41, 5.74) is 1.63. The first kappa shape index (κ1) is 15.7. The fraction of sp³-hybridized carbons (Fsp3) is 0.400. The van der Waals surface area contributed by atoms with Crippen molar-refractivity contribution < 1.29 is 13.9 Å². The van der Waals surface area contributed by atoms with Crippen molar-refractivity contribution in [2.75, 3.05) is 13.1 Å². The second kappa shape index (κ2) is 5.94. The molecule has 24 heavy (non-hydrogen) atoms. The molecular weight excluding hydrogens is 308 g/mol. The van der Waals surface area contributed by atoms with Gasteiger partial charge in [0.15, 0.2) is 0 Å². The van der Waals surface area contributed by atoms with Crippen LogP contribution in [0.5, 0.6) is 0 Å². The van der Waals surface area contributed by atoms with Gasteiger partial charge in [-0.15, -0.1) is 0 Å². The Morgan fingerprint density at radius 1 is 0.958 bits per heavy atom. The summed E-state index contributed by atoms with van der Waals surface area (Å²) in [5, 5.41) is 14.8. The largest absolute Gasteiger partial charge is 0.385 e. The molecule has 4 heteroatoms. The van der Waals surface area contributed by atoms with E-state index in [0.717, 1.165) is 37.1 Å². The van der Waals surface area contributed by atoms with E-state index in [1.807, 2.05) is 0 Å². The van der Waals surface area contributed by atoms with Crippen molar-refractivity contribution in [3.8, 4) is 0 Å². The van der Waals surface area contributed by atoms with Crippen LogP contribution in [-0.4, -0.2) is 18.2 Å². The number of rotatable bonds is 2. The summed E-state index contributed by atoms with van der Waals surface area (Å²) in [6.45, 7) is 1.75. The number of hydrogen-bond donors (Lipinski definition) is 2. The van der Waals surface area contributed by atoms with Gasteiger partial charge < -0.3 is 10.4 Å². The first-order valence-electron chi connectivity index (χ1n) is 8.56. The lowest BCUT2D eigenvalue weighted by Gasteiger charge is -2.37. The highest BCUT2D eigenvalue weighted by Crippen LogP contribution is 2.52. The van der Waals surface area contributed by atoms with E-state index in [2.05, 4.69) is 5.32 Å². The molecule has 0 saturated carbocycles. The molecule has 2 aliphatic rings. The summed E-state index contributed by atoms with van der Waals surface area (Å²) in [4.78, 5) is 0. The van der Waals surface area contributed by atoms with E-state index < -0.39 is 5.60 Å². The van der Waals surface area contributed by atoms with Crippen molar-refractivity contribution in [3.05, 3.63) is 70.8 Å². The van der Waals surface area contributed by atoms with Crippen LogP contribution in [0.3, 0.4) is 0 Å². The van der Waals surface area contributed by atoms with Crippen LogP contribution in [0.25, 0.3) is 0 Å². The van der Waals surface area contributed by atoms with E-state index in [0.29, 0.717) is 12.0 Å². The molecule has 2 unspecified atom stereocenters. The van der Waals surface area contributed by atoms with Gasteiger partial charge in [0.1, 0.15) is 11.6 Å². The lowest BCUT2D eigenvalue weighted by atomic mass is 9.76. The zero-order chi connectivity index (χ0) is 16.7. The minimum atomic E-state index is -1.02. The maximum Gasteiger partial charge on any atom is 0.123 e. The number of nitrogens with one attached hydrogen (secondary N) is 1. The monoisotopic (exact) mass is 329 g/mol. The average molecular weight is 329 g/mol. The second-order valence-corrected chi connectivity index (χ2v) is 6.99. The normalized spacial score (nSPS) is 27.2. The Hall–Kier alpha value is -1.78. The third kappa shape index (κ3) is 2.54. The van der Waals surface area contributed by atoms with E-state index in [4.69, 9.17) is 0 Å². The molecule has 2 N–H and O–H groups in total. The van der Waals surface area contributed by atoms with Gasteiger partial charge in [0.2, 0.25) is 0 Å². The molecule has 0 amide bonds. The summed E-state index contributed by atoms with van der Waals surface area (Å²) in [7, 11) is 0. The maximum atomic E-state index is 13.9. The molecule has 2 aromatic carbocycles. The lowest BCUT2D eigenvalue weighted by molar-refractivity contribution is -0.0366. The SMILES string of the molecule is OC1(C2CCNCC2)CC(c2ccc(F)cc2)c2ccc(F)cc21. The highest BCUT2D eigenvalue weighted by Gasteiger charge is 2.48. The van der Waals surface area contributed by atoms with Gasteiger partial charge in [0.25, 0.3) is 0 Å². The van der Waals surface area contributed by atoms with Gasteiger partial charge in [0, 0.05) is 5.92 Å². The molecule has 1 aliphatic carbocycles. The van der Waals surface area contributed by atoms with Crippen molar-refractivity contribution >= 4 is 0 Å². The molecule has 4 rings (SSSR count). The minimum absolute atomic E-state index is 0.0268. The first-order chi connectivity index (χ1) is 11.6. The van der Waals surface area contributed by atoms with Gasteiger partial charge >= 0.3 is 0 Å². The standard InChI is InChI=1S/C20H21F2NO/c21-15-3-1-13(2-4-15)18-12-20(24,14-7-9-23-10-8-14)19-11-16(22)5-6-17(18)19/h1-6,11,14,18,23-24H,7-10,12H2. The van der Waals surface area contributed by atoms with Gasteiger partial charge in [0.05, 0.1) is 5.60 Å². The fourth-order valence-corrected chi connectivity index (χ4v) is 4.42. The van der Waals surface area contributed by atoms with Crippen molar-refractivity contribution in [2.24, 2.45) is 5.92 Å². The molecule has 2 nitrogen and oxygen atoms in total. The van der Waals surface area contributed by atoms with E-state index in [9.17, 15) is 13.9 Å². The summed E-state index contributed by atoms with van der Waals surface area (Å²) in [6, 6.07) is 11.1. The van der Waals surface area contributed by atoms with Crippen molar-refractivity contribution in [3.63, 3.8) is 0 Å². The molecule has 1 heterocycles. The van der Waals surface area contributed by atoms with Gasteiger partial charge in [-0.1, -0.05) is 18.2 Å². The number of halogens is 2. The Kier molecular flexibility index (Phi) is 3.89. The number of benzene rings is 2. The third-order valence-electron chi connectivity index (χ3n) is 5.66. The van der Waals surface area contributed by atoms with Crippen molar-refractivity contribution in [2.45, 2.75) is 30.8 Å². The van der Waals surface area contributed by atoms with E-state index in [1.54, 1.807) is 18.2 Å². The zero-order valence-corrected chi connectivity index (χ0v) is 13.4. The van der Waals surface area contributed by atoms with Crippen LogP contribution in [0.2, 0.25) is 0 Å². The predicted molar refractivity (Wildman–Crippen MR) is 88.8 cm³/mol. The van der Waals surface area contributed by atoms with E-state index in [1.165, 1.54) is 24.3 Å². The highest BCUT2D eigenvalue weighted by atomic mass is 19.1. The molecule has 0 spiro atoms. The molecule has 2 atom stereocenters. The molecule has 0 radical (unpaired) electrons. The van der Waals surface area contributed by atoms with Gasteiger partial charge in [-0.2, -0.15) is 0 Å². The summed E-state index contributed by atoms with van der Waals surface area (Å²) in [5.74, 6) is -0.503. The number of fused-ring (bicyclic) bond motifs is 1. The third-order valence-corrected chi connectivity index (χ3v) is 5.66. The Morgan fingerprint density at radius 3 is 2.33 bits per heavy atom. The first-order valence-corrected chi connectivity index (χ1v) is 8.56. The predicted octanol–water partition coefficient (Wildman–Crippen LogP) is 3.69. The fourth-order valence-electron chi connectivity index (χ4n) is 4.42. The van der Waals surface area contributed by atoms with Crippen molar-refractivity contribution in [1.82, 2.24) is 5.32 Å². The van der Waals surface area contributed by atoms with E-state index >= 15 is 0 Å². The van der Waals surface area contributed by atoms with Crippen LogP contribution < -0.4 is 5.32 Å². The van der Waals surface area contributed by atoms with Gasteiger partial charge in [-0.3, -0.25) is 0 Å². The Balaban J connectivity index is 1.78. The number of hydrogen-bond acceptors (Lipinski definition) is 2. The van der Waals surface area contributed by atoms with Gasteiger partial charge in [-0.05, 0) is 79.2 Å². The van der Waals surface area contributed by atoms with Crippen LogP contribution >= 0.6 is 0 Å². The average Bonchev–Trinajstić information content (AvgIpc) is 2.90. The molecule has 1 saturated heterocycles. The Morgan fingerprint density at radius 2 is 1.62 bits per heavy atom. The minimum Gasteiger partial charge on any atom is -0.385 e. The molecule has 0 aromatic heterocycles. The summed E-state index contributed by atoms with van der Waals surface area (Å²) < 4.78 is 27.1. The quantitative estimate of drug-likeness (QED) is 0.881. The molecular formula is C20H21F2NO. The van der Waals surface area contributed by atoms with Gasteiger partial charge in [-0.25, -0.2) is 8.78 Å². The number of aliphatic hydroxyl groups is 1. The highest BCUT2D eigenvalue weighted by molar-refractivity contribution is 5.47. The second-order valence-electron chi connectivity index (χ2n) is 6.99. The smallest absolute Gasteiger partial charge is 0.123 e. The molecule has 1 aliphatic heterocycles. The van der Waals surface area contributed by atoms with Crippen molar-refractivity contribution in [1.29, 1.82) is 0 Å². The molecule has 0 bridgehead atoms. The van der Waals surface area contributed by atoms with Crippen LogP contribution in [0.1, 0.15) is 41.9 Å². The lowest BCUT2D eigenvalue weighted by Crippen LogP contribution is -2.40. The Bertz CT molecular complexity index is 740. The number of piperidine rings is 1. The maximum absolute atomic E-state index is 13.9. The summed E-state index contributed by atoms with van der Waals surface area (Å²) in [6.07, 6.45) is 2.28. The molecule has 2 aromatic rings.